The van der Waals surface area contributed by atoms with Gasteiger partial charge in [0, 0.05) is 44.1 Å². The summed E-state index contributed by atoms with van der Waals surface area (Å²) in [6.07, 6.45) is 3.65. The molecule has 0 aliphatic rings. The molecule has 5 heteroatoms. The number of aryl methyl sites for hydroxylation is 4. The Bertz CT molecular complexity index is 2370. The van der Waals surface area contributed by atoms with E-state index in [1.165, 1.54) is 37.2 Å². The molecule has 1 radical (unpaired) electrons. The molecule has 0 bridgehead atoms. The van der Waals surface area contributed by atoms with E-state index in [4.69, 9.17) is 10.8 Å². The van der Waals surface area contributed by atoms with E-state index in [1.807, 2.05) is 68.6 Å². The van der Waals surface area contributed by atoms with Gasteiger partial charge in [0.1, 0.15) is 5.58 Å². The molecule has 0 atom stereocenters. The first-order valence-corrected chi connectivity index (χ1v) is 16.6. The minimum Gasteiger partial charge on any atom is -0.499 e. The third kappa shape index (κ3) is 6.15. The number of fused-ring (bicyclic) bond motifs is 5. The summed E-state index contributed by atoms with van der Waals surface area (Å²) in [7, 11) is 0. The first kappa shape index (κ1) is 32.2. The van der Waals surface area contributed by atoms with Crippen molar-refractivity contribution in [3.05, 3.63) is 143 Å². The molecule has 4 aromatic carbocycles. The molecule has 0 aliphatic carbocycles. The molecule has 0 saturated heterocycles. The number of aromatic nitrogens is 2. The molecule has 3 nitrogen and oxygen atoms in total. The van der Waals surface area contributed by atoms with E-state index in [0.717, 1.165) is 55.6 Å². The van der Waals surface area contributed by atoms with E-state index in [9.17, 15) is 0 Å². The topological polar surface area (TPSA) is 38.9 Å². The molecule has 4 aromatic heterocycles. The van der Waals surface area contributed by atoms with Crippen LogP contribution in [-0.4, -0.2) is 9.97 Å². The smallest absolute Gasteiger partial charge is 0.138 e. The van der Waals surface area contributed by atoms with Crippen LogP contribution in [0.15, 0.2) is 108 Å². The Labute approximate surface area is 301 Å². The van der Waals surface area contributed by atoms with Gasteiger partial charge in [-0.15, -0.1) is 65.4 Å². The van der Waals surface area contributed by atoms with Crippen LogP contribution in [0.2, 0.25) is 0 Å². The number of furan rings is 1. The van der Waals surface area contributed by atoms with Crippen molar-refractivity contribution < 1.29 is 25.9 Å². The fourth-order valence-corrected chi connectivity index (χ4v) is 7.44. The van der Waals surface area contributed by atoms with Gasteiger partial charge >= 0.3 is 0 Å². The Balaban J connectivity index is 0.000000270. The summed E-state index contributed by atoms with van der Waals surface area (Å²) >= 11 is 1.79. The molecule has 0 saturated carbocycles. The summed E-state index contributed by atoms with van der Waals surface area (Å²) in [5, 5.41) is 3.45. The van der Waals surface area contributed by atoms with Crippen molar-refractivity contribution >= 4 is 43.4 Å². The van der Waals surface area contributed by atoms with Gasteiger partial charge in [-0.1, -0.05) is 73.3 Å². The van der Waals surface area contributed by atoms with Gasteiger partial charge in [-0.25, -0.2) is 0 Å². The van der Waals surface area contributed by atoms with Crippen molar-refractivity contribution in [2.45, 2.75) is 47.4 Å². The molecule has 48 heavy (non-hydrogen) atoms. The second-order valence-electron chi connectivity index (χ2n) is 12.2. The van der Waals surface area contributed by atoms with E-state index >= 15 is 0 Å². The predicted molar refractivity (Wildman–Crippen MR) is 198 cm³/mol. The number of rotatable bonds is 4. The quantitative estimate of drug-likeness (QED) is 0.166. The molecular formula is C43H36IrN2OS-2. The predicted octanol–water partition coefficient (Wildman–Crippen LogP) is 12.2. The number of benzene rings is 4. The second-order valence-corrected chi connectivity index (χ2v) is 13.4. The molecule has 0 spiro atoms. The van der Waals surface area contributed by atoms with Crippen molar-refractivity contribution in [3.63, 3.8) is 0 Å². The van der Waals surface area contributed by atoms with Gasteiger partial charge in [0.25, 0.3) is 0 Å². The molecule has 8 aromatic rings. The maximum atomic E-state index is 8.81. The van der Waals surface area contributed by atoms with Gasteiger partial charge in [0.15, 0.2) is 0 Å². The van der Waals surface area contributed by atoms with Crippen LogP contribution in [0.25, 0.3) is 65.7 Å². The van der Waals surface area contributed by atoms with Crippen LogP contribution in [0.5, 0.6) is 0 Å². The number of thiophene rings is 1. The van der Waals surface area contributed by atoms with Gasteiger partial charge in [0.2, 0.25) is 0 Å². The van der Waals surface area contributed by atoms with Crippen molar-refractivity contribution in [2.24, 2.45) is 0 Å². The zero-order chi connectivity index (χ0) is 33.6. The van der Waals surface area contributed by atoms with Crippen molar-refractivity contribution in [2.75, 3.05) is 0 Å². The summed E-state index contributed by atoms with van der Waals surface area (Å²) in [4.78, 5) is 10.4. The zero-order valence-corrected chi connectivity index (χ0v) is 31.1. The molecule has 0 amide bonds. The average molecular weight is 822 g/mol. The second kappa shape index (κ2) is 14.0. The minimum atomic E-state index is -0.787. The summed E-state index contributed by atoms with van der Waals surface area (Å²) < 4.78 is 16.6. The Morgan fingerprint density at radius 3 is 2.21 bits per heavy atom. The molecule has 0 unspecified atom stereocenters. The van der Waals surface area contributed by atoms with Gasteiger partial charge in [-0.3, -0.25) is 0 Å². The van der Waals surface area contributed by atoms with Crippen LogP contribution in [0.3, 0.4) is 0 Å². The van der Waals surface area contributed by atoms with E-state index < -0.39 is 5.89 Å². The van der Waals surface area contributed by atoms with E-state index in [1.54, 1.807) is 17.5 Å². The molecular weight excluding hydrogens is 785 g/mol. The summed E-state index contributed by atoms with van der Waals surface area (Å²) in [6.45, 7) is 12.4. The van der Waals surface area contributed by atoms with Crippen LogP contribution in [0.4, 0.5) is 0 Å². The molecule has 4 heterocycles. The number of nitrogens with zero attached hydrogens (tertiary/aromatic N) is 2. The molecule has 8 rings (SSSR count). The molecule has 0 fully saturated rings. The SMILES string of the molecule is [2H]C(C)(C)c1cnc(-c2[c-]ccc3c2oc2c3ccc3c(C)c(C)sc32)cc1-c1c(C)cccc1C.[Ir].[c-]1ccccc1-c1ccccn1. The van der Waals surface area contributed by atoms with Crippen LogP contribution < -0.4 is 0 Å². The zero-order valence-electron chi connectivity index (χ0n) is 28.9. The van der Waals surface area contributed by atoms with Gasteiger partial charge < -0.3 is 14.4 Å². The van der Waals surface area contributed by atoms with Crippen LogP contribution in [-0.2, 0) is 20.1 Å². The first-order chi connectivity index (χ1) is 23.1. The van der Waals surface area contributed by atoms with Crippen LogP contribution >= 0.6 is 11.3 Å². The van der Waals surface area contributed by atoms with Crippen molar-refractivity contribution in [1.29, 1.82) is 0 Å². The van der Waals surface area contributed by atoms with Gasteiger partial charge in [-0.2, -0.15) is 0 Å². The van der Waals surface area contributed by atoms with Crippen molar-refractivity contribution in [1.82, 2.24) is 9.97 Å². The Morgan fingerprint density at radius 1 is 0.750 bits per heavy atom. The standard InChI is InChI=1S/C32H28NOS.C11H8N.Ir/c1-17(2)27-16-33-28(15-26(27)29-18(3)9-7-10-19(29)4)25-12-8-11-23-24-14-13-22-20(5)21(6)35-32(22)31(24)34-30(23)25;1-2-6-10(7-3-1)11-8-4-5-9-12-11;/h7-11,13-17H,1-6H3;1-6,8-9H;/q2*-1;/i17D;;. The van der Waals surface area contributed by atoms with E-state index in [-0.39, 0.29) is 20.1 Å². The fraction of sp³-hybridized carbons (Fsp3) is 0.163. The number of hydrogen-bond donors (Lipinski definition) is 0. The number of pyridine rings is 2. The monoisotopic (exact) mass is 822 g/mol. The Kier molecular flexibility index (Phi) is 9.36. The van der Waals surface area contributed by atoms with Gasteiger partial charge in [0.05, 0.1) is 10.3 Å². The summed E-state index contributed by atoms with van der Waals surface area (Å²) in [5.41, 5.74) is 12.2. The third-order valence-corrected chi connectivity index (χ3v) is 10.1. The maximum absolute atomic E-state index is 8.81. The maximum Gasteiger partial charge on any atom is 0.138 e. The fourth-order valence-electron chi connectivity index (χ4n) is 6.30. The van der Waals surface area contributed by atoms with E-state index in [2.05, 4.69) is 87.3 Å². The number of hydrogen-bond acceptors (Lipinski definition) is 4. The van der Waals surface area contributed by atoms with Crippen molar-refractivity contribution in [3.8, 4) is 33.6 Å². The largest absolute Gasteiger partial charge is 0.499 e. The minimum absolute atomic E-state index is 0. The Morgan fingerprint density at radius 2 is 1.50 bits per heavy atom. The van der Waals surface area contributed by atoms with Crippen LogP contribution in [0.1, 0.15) is 48.2 Å². The van der Waals surface area contributed by atoms with E-state index in [0.29, 0.717) is 0 Å². The summed E-state index contributed by atoms with van der Waals surface area (Å²) in [6, 6.07) is 37.1. The molecule has 241 valence electrons. The molecule has 0 N–H and O–H groups in total. The third-order valence-electron chi connectivity index (χ3n) is 8.84. The Hall–Kier alpha value is -4.41. The van der Waals surface area contributed by atoms with Crippen LogP contribution in [0, 0.1) is 39.8 Å². The molecule has 0 aliphatic heterocycles. The van der Waals surface area contributed by atoms with Gasteiger partial charge in [-0.05, 0) is 89.8 Å². The first-order valence-electron chi connectivity index (χ1n) is 16.3. The summed E-state index contributed by atoms with van der Waals surface area (Å²) in [5.74, 6) is -0.787. The normalized spacial score (nSPS) is 11.7. The average Bonchev–Trinajstić information content (AvgIpc) is 3.62.